The second-order valence-corrected chi connectivity index (χ2v) is 6.88. The molecule has 0 saturated carbocycles. The maximum atomic E-state index is 11.0. The Kier molecular flexibility index (Phi) is 4.41. The fraction of sp³-hybridized carbons (Fsp3) is 1.00. The van der Waals surface area contributed by atoms with Gasteiger partial charge in [-0.15, -0.1) is 11.6 Å². The van der Waals surface area contributed by atoms with E-state index < -0.39 is 10.8 Å². The number of nitrogens with zero attached hydrogens (tertiary/aromatic N) is 1. The zero-order valence-electron chi connectivity index (χ0n) is 9.25. The van der Waals surface area contributed by atoms with Gasteiger partial charge >= 0.3 is 0 Å². The van der Waals surface area contributed by atoms with Crippen LogP contribution in [0.1, 0.15) is 20.3 Å². The number of alkyl halides is 1. The summed E-state index contributed by atoms with van der Waals surface area (Å²) in [6.45, 7) is 7.43. The third-order valence-electron chi connectivity index (χ3n) is 2.87. The van der Waals surface area contributed by atoms with Crippen molar-refractivity contribution in [1.29, 1.82) is 0 Å². The maximum absolute atomic E-state index is 11.0. The summed E-state index contributed by atoms with van der Waals surface area (Å²) in [6.07, 6.45) is 2.81. The molecule has 0 amide bonds. The molecule has 1 fully saturated rings. The number of likely N-dealkylation sites (tertiary alicyclic amines) is 1. The van der Waals surface area contributed by atoms with Gasteiger partial charge < -0.3 is 4.90 Å². The van der Waals surface area contributed by atoms with E-state index in [1.54, 1.807) is 6.26 Å². The molecule has 0 aromatic carbocycles. The smallest absolute Gasteiger partial charge is 0.0411 e. The topological polar surface area (TPSA) is 20.3 Å². The Hall–Kier alpha value is 0.400. The fourth-order valence-electron chi connectivity index (χ4n) is 1.89. The monoisotopic (exact) mass is 237 g/mol. The second-order valence-electron chi connectivity index (χ2n) is 4.80. The van der Waals surface area contributed by atoms with Crippen molar-refractivity contribution in [3.63, 3.8) is 0 Å². The van der Waals surface area contributed by atoms with Crippen molar-refractivity contribution in [2.75, 3.05) is 31.6 Å². The molecule has 0 radical (unpaired) electrons. The molecular weight excluding hydrogens is 218 g/mol. The van der Waals surface area contributed by atoms with Gasteiger partial charge in [0.05, 0.1) is 0 Å². The van der Waals surface area contributed by atoms with E-state index in [9.17, 15) is 4.21 Å². The Labute approximate surface area is 94.5 Å². The molecule has 1 aliphatic rings. The minimum absolute atomic E-state index is 0.190. The number of halogens is 1. The summed E-state index contributed by atoms with van der Waals surface area (Å²) in [5, 5.41) is 0.283. The van der Waals surface area contributed by atoms with E-state index in [2.05, 4.69) is 18.7 Å². The minimum atomic E-state index is -0.675. The first kappa shape index (κ1) is 12.5. The Morgan fingerprint density at radius 3 is 2.71 bits per heavy atom. The van der Waals surface area contributed by atoms with Crippen LogP contribution in [-0.4, -0.2) is 46.1 Å². The van der Waals surface area contributed by atoms with Crippen molar-refractivity contribution in [3.05, 3.63) is 0 Å². The number of hydrogen-bond acceptors (Lipinski definition) is 2. The minimum Gasteiger partial charge on any atom is -0.302 e. The van der Waals surface area contributed by atoms with E-state index in [0.717, 1.165) is 31.8 Å². The average molecular weight is 238 g/mol. The van der Waals surface area contributed by atoms with Crippen LogP contribution in [0.3, 0.4) is 0 Å². The standard InChI is InChI=1S/C10H20ClNOS/c1-10(2)8-12(5-4-9(10)11)6-7-14(3)13/h9H,4-8H2,1-3H3. The molecule has 0 aromatic heterocycles. The molecule has 4 heteroatoms. The highest BCUT2D eigenvalue weighted by atomic mass is 35.5. The molecule has 1 heterocycles. The maximum Gasteiger partial charge on any atom is 0.0411 e. The van der Waals surface area contributed by atoms with E-state index in [-0.39, 0.29) is 10.8 Å². The zero-order valence-corrected chi connectivity index (χ0v) is 10.8. The lowest BCUT2D eigenvalue weighted by molar-refractivity contribution is 0.129. The van der Waals surface area contributed by atoms with Crippen LogP contribution in [0.2, 0.25) is 0 Å². The van der Waals surface area contributed by atoms with Gasteiger partial charge in [-0.1, -0.05) is 13.8 Å². The predicted octanol–water partition coefficient (Wildman–Crippen LogP) is 1.70. The van der Waals surface area contributed by atoms with E-state index in [1.165, 1.54) is 0 Å². The van der Waals surface area contributed by atoms with Crippen LogP contribution in [0.15, 0.2) is 0 Å². The molecule has 14 heavy (non-hydrogen) atoms. The molecule has 1 aliphatic heterocycles. The van der Waals surface area contributed by atoms with Crippen molar-refractivity contribution in [3.8, 4) is 0 Å². The SMILES string of the molecule is CS(=O)CCN1CCC(Cl)C(C)(C)C1. The Bertz CT molecular complexity index is 220. The largest absolute Gasteiger partial charge is 0.302 e. The quantitative estimate of drug-likeness (QED) is 0.697. The van der Waals surface area contributed by atoms with Crippen molar-refractivity contribution < 1.29 is 4.21 Å². The summed E-state index contributed by atoms with van der Waals surface area (Å²) >= 11 is 6.25. The third kappa shape index (κ3) is 3.52. The highest BCUT2D eigenvalue weighted by Crippen LogP contribution is 2.32. The molecule has 0 N–H and O–H groups in total. The second kappa shape index (κ2) is 4.95. The highest BCUT2D eigenvalue weighted by Gasteiger charge is 2.34. The van der Waals surface area contributed by atoms with Gasteiger partial charge in [0.2, 0.25) is 0 Å². The van der Waals surface area contributed by atoms with Gasteiger partial charge in [-0.05, 0) is 18.4 Å². The van der Waals surface area contributed by atoms with Gasteiger partial charge in [0.25, 0.3) is 0 Å². The van der Waals surface area contributed by atoms with Crippen LogP contribution in [0.25, 0.3) is 0 Å². The van der Waals surface area contributed by atoms with Crippen LogP contribution in [-0.2, 0) is 10.8 Å². The number of rotatable bonds is 3. The van der Waals surface area contributed by atoms with Gasteiger partial charge in [0.1, 0.15) is 0 Å². The Balaban J connectivity index is 2.39. The van der Waals surface area contributed by atoms with Gasteiger partial charge in [-0.3, -0.25) is 4.21 Å². The molecule has 0 bridgehead atoms. The molecule has 0 aromatic rings. The van der Waals surface area contributed by atoms with E-state index >= 15 is 0 Å². The van der Waals surface area contributed by atoms with Gasteiger partial charge in [-0.2, -0.15) is 0 Å². The molecule has 1 rings (SSSR count). The van der Waals surface area contributed by atoms with Crippen molar-refractivity contribution in [1.82, 2.24) is 4.90 Å². The summed E-state index contributed by atoms with van der Waals surface area (Å²) in [5.41, 5.74) is 0.190. The molecule has 0 aliphatic carbocycles. The summed E-state index contributed by atoms with van der Waals surface area (Å²) in [6, 6.07) is 0. The Morgan fingerprint density at radius 2 is 2.21 bits per heavy atom. The van der Waals surface area contributed by atoms with Gasteiger partial charge in [-0.25, -0.2) is 0 Å². The highest BCUT2D eigenvalue weighted by molar-refractivity contribution is 7.84. The molecular formula is C10H20ClNOS. The van der Waals surface area contributed by atoms with Gasteiger partial charge in [0, 0.05) is 41.3 Å². The van der Waals surface area contributed by atoms with Crippen LogP contribution in [0, 0.1) is 5.41 Å². The molecule has 84 valence electrons. The lowest BCUT2D eigenvalue weighted by Crippen LogP contribution is -2.47. The lowest BCUT2D eigenvalue weighted by atomic mass is 9.83. The summed E-state index contributed by atoms with van der Waals surface area (Å²) < 4.78 is 11.0. The molecule has 2 unspecified atom stereocenters. The molecule has 1 saturated heterocycles. The predicted molar refractivity (Wildman–Crippen MR) is 63.4 cm³/mol. The third-order valence-corrected chi connectivity index (χ3v) is 4.44. The fourth-order valence-corrected chi connectivity index (χ4v) is 2.57. The number of hydrogen-bond donors (Lipinski definition) is 0. The van der Waals surface area contributed by atoms with Crippen LogP contribution >= 0.6 is 11.6 Å². The molecule has 2 atom stereocenters. The molecule has 2 nitrogen and oxygen atoms in total. The summed E-state index contributed by atoms with van der Waals surface area (Å²) in [4.78, 5) is 2.38. The van der Waals surface area contributed by atoms with Crippen molar-refractivity contribution in [2.24, 2.45) is 5.41 Å². The van der Waals surface area contributed by atoms with Gasteiger partial charge in [0.15, 0.2) is 0 Å². The lowest BCUT2D eigenvalue weighted by Gasteiger charge is -2.41. The first-order chi connectivity index (χ1) is 6.42. The summed E-state index contributed by atoms with van der Waals surface area (Å²) in [7, 11) is -0.675. The van der Waals surface area contributed by atoms with E-state index in [1.807, 2.05) is 0 Å². The van der Waals surface area contributed by atoms with Crippen molar-refractivity contribution >= 4 is 22.4 Å². The normalized spacial score (nSPS) is 30.1. The van der Waals surface area contributed by atoms with Crippen LogP contribution in [0.4, 0.5) is 0 Å². The average Bonchev–Trinajstić information content (AvgIpc) is 2.07. The van der Waals surface area contributed by atoms with E-state index in [0.29, 0.717) is 0 Å². The molecule has 0 spiro atoms. The van der Waals surface area contributed by atoms with Crippen LogP contribution in [0.5, 0.6) is 0 Å². The van der Waals surface area contributed by atoms with Crippen LogP contribution < -0.4 is 0 Å². The van der Waals surface area contributed by atoms with E-state index in [4.69, 9.17) is 11.6 Å². The van der Waals surface area contributed by atoms with Crippen molar-refractivity contribution in [2.45, 2.75) is 25.6 Å². The first-order valence-electron chi connectivity index (χ1n) is 5.08. The summed E-state index contributed by atoms with van der Waals surface area (Å²) in [5.74, 6) is 0.781. The zero-order chi connectivity index (χ0) is 10.8. The first-order valence-corrected chi connectivity index (χ1v) is 7.24. The number of piperidine rings is 1. The Morgan fingerprint density at radius 1 is 1.57 bits per heavy atom.